The number of rotatable bonds is 4. The van der Waals surface area contributed by atoms with Gasteiger partial charge in [-0.1, -0.05) is 50.3 Å². The molecule has 14 heavy (non-hydrogen) atoms. The van der Waals surface area contributed by atoms with E-state index in [0.717, 1.165) is 6.42 Å². The monoisotopic (exact) mass is 189 g/mol. The molecule has 0 aromatic heterocycles. The average Bonchev–Trinajstić information content (AvgIpc) is 2.16. The van der Waals surface area contributed by atoms with Gasteiger partial charge in [-0.25, -0.2) is 0 Å². The summed E-state index contributed by atoms with van der Waals surface area (Å²) in [6, 6.07) is 8.50. The first-order chi connectivity index (χ1) is 6.74. The molecule has 2 N–H and O–H groups in total. The molecular formula is C13H19N. The Morgan fingerprint density at radius 3 is 2.64 bits per heavy atom. The molecule has 1 aromatic carbocycles. The smallest absolute Gasteiger partial charge is 0.0110 e. The Labute approximate surface area is 86.6 Å². The number of hydrogen-bond donors (Lipinski definition) is 1. The summed E-state index contributed by atoms with van der Waals surface area (Å²) in [7, 11) is 0. The van der Waals surface area contributed by atoms with Gasteiger partial charge in [-0.05, 0) is 23.5 Å². The summed E-state index contributed by atoms with van der Waals surface area (Å²) >= 11 is 0. The molecule has 0 atom stereocenters. The first-order valence-electron chi connectivity index (χ1n) is 5.18. The Hall–Kier alpha value is -1.08. The van der Waals surface area contributed by atoms with Crippen molar-refractivity contribution in [1.29, 1.82) is 0 Å². The van der Waals surface area contributed by atoms with E-state index in [0.29, 0.717) is 12.5 Å². The van der Waals surface area contributed by atoms with Crippen LogP contribution in [-0.2, 0) is 6.42 Å². The van der Waals surface area contributed by atoms with Crippen LogP contribution in [0.5, 0.6) is 0 Å². The lowest BCUT2D eigenvalue weighted by molar-refractivity contribution is 0.646. The molecule has 0 radical (unpaired) electrons. The van der Waals surface area contributed by atoms with Crippen molar-refractivity contribution in [2.24, 2.45) is 11.7 Å². The van der Waals surface area contributed by atoms with Crippen molar-refractivity contribution in [3.63, 3.8) is 0 Å². The molecule has 0 aliphatic carbocycles. The van der Waals surface area contributed by atoms with E-state index in [1.54, 1.807) is 0 Å². The van der Waals surface area contributed by atoms with Crippen LogP contribution in [0.3, 0.4) is 0 Å². The van der Waals surface area contributed by atoms with Crippen molar-refractivity contribution < 1.29 is 0 Å². The highest BCUT2D eigenvalue weighted by Crippen LogP contribution is 2.14. The lowest BCUT2D eigenvalue weighted by Crippen LogP contribution is -1.97. The Kier molecular flexibility index (Phi) is 4.41. The van der Waals surface area contributed by atoms with Crippen LogP contribution in [0.4, 0.5) is 0 Å². The largest absolute Gasteiger partial charge is 0.327 e. The zero-order valence-electron chi connectivity index (χ0n) is 9.03. The molecule has 1 heteroatoms. The summed E-state index contributed by atoms with van der Waals surface area (Å²) in [5, 5.41) is 0. The van der Waals surface area contributed by atoms with Crippen LogP contribution in [0.1, 0.15) is 25.0 Å². The maximum absolute atomic E-state index is 5.44. The molecule has 1 rings (SSSR count). The van der Waals surface area contributed by atoms with E-state index < -0.39 is 0 Å². The van der Waals surface area contributed by atoms with Crippen LogP contribution in [0, 0.1) is 5.92 Å². The van der Waals surface area contributed by atoms with Gasteiger partial charge in [-0.15, -0.1) is 0 Å². The summed E-state index contributed by atoms with van der Waals surface area (Å²) in [4.78, 5) is 0. The van der Waals surface area contributed by atoms with Gasteiger partial charge < -0.3 is 5.73 Å². The summed E-state index contributed by atoms with van der Waals surface area (Å²) < 4.78 is 0. The third kappa shape index (κ3) is 3.35. The number of hydrogen-bond acceptors (Lipinski definition) is 1. The van der Waals surface area contributed by atoms with Crippen LogP contribution < -0.4 is 5.73 Å². The molecule has 0 fully saturated rings. The highest BCUT2D eigenvalue weighted by Gasteiger charge is 2.00. The second-order valence-electron chi connectivity index (χ2n) is 3.93. The van der Waals surface area contributed by atoms with Crippen LogP contribution in [0.25, 0.3) is 6.08 Å². The molecule has 0 aliphatic rings. The van der Waals surface area contributed by atoms with Crippen molar-refractivity contribution >= 4 is 6.08 Å². The highest BCUT2D eigenvalue weighted by molar-refractivity contribution is 5.53. The Bertz CT molecular complexity index is 300. The fraction of sp³-hybridized carbons (Fsp3) is 0.385. The predicted molar refractivity (Wildman–Crippen MR) is 63.1 cm³/mol. The maximum atomic E-state index is 5.44. The molecule has 0 unspecified atom stereocenters. The molecule has 0 saturated carbocycles. The SMILES string of the molecule is CC(C)Cc1ccccc1/C=C/CN. The van der Waals surface area contributed by atoms with Crippen molar-refractivity contribution in [1.82, 2.24) is 0 Å². The summed E-state index contributed by atoms with van der Waals surface area (Å²) in [5.41, 5.74) is 8.15. The van der Waals surface area contributed by atoms with Gasteiger partial charge >= 0.3 is 0 Å². The van der Waals surface area contributed by atoms with Crippen LogP contribution in [-0.4, -0.2) is 6.54 Å². The van der Waals surface area contributed by atoms with Gasteiger partial charge in [0, 0.05) is 6.54 Å². The number of benzene rings is 1. The minimum absolute atomic E-state index is 0.607. The molecule has 0 aliphatic heterocycles. The highest BCUT2D eigenvalue weighted by atomic mass is 14.5. The van der Waals surface area contributed by atoms with E-state index >= 15 is 0 Å². The quantitative estimate of drug-likeness (QED) is 0.774. The van der Waals surface area contributed by atoms with Gasteiger partial charge in [0.1, 0.15) is 0 Å². The van der Waals surface area contributed by atoms with E-state index in [1.165, 1.54) is 11.1 Å². The van der Waals surface area contributed by atoms with E-state index in [1.807, 2.05) is 6.08 Å². The molecule has 76 valence electrons. The molecular weight excluding hydrogens is 170 g/mol. The third-order valence-corrected chi connectivity index (χ3v) is 2.12. The third-order valence-electron chi connectivity index (χ3n) is 2.12. The Morgan fingerprint density at radius 1 is 1.29 bits per heavy atom. The van der Waals surface area contributed by atoms with Gasteiger partial charge in [-0.3, -0.25) is 0 Å². The van der Waals surface area contributed by atoms with Crippen molar-refractivity contribution in [2.45, 2.75) is 20.3 Å². The normalized spacial score (nSPS) is 11.4. The van der Waals surface area contributed by atoms with E-state index in [9.17, 15) is 0 Å². The second-order valence-corrected chi connectivity index (χ2v) is 3.93. The van der Waals surface area contributed by atoms with E-state index in [-0.39, 0.29) is 0 Å². The fourth-order valence-electron chi connectivity index (χ4n) is 1.52. The lowest BCUT2D eigenvalue weighted by atomic mass is 9.98. The van der Waals surface area contributed by atoms with Gasteiger partial charge in [0.25, 0.3) is 0 Å². The molecule has 1 nitrogen and oxygen atoms in total. The van der Waals surface area contributed by atoms with Crippen molar-refractivity contribution in [3.05, 3.63) is 41.5 Å². The van der Waals surface area contributed by atoms with Crippen LogP contribution >= 0.6 is 0 Å². The Morgan fingerprint density at radius 2 is 2.00 bits per heavy atom. The molecule has 0 spiro atoms. The molecule has 0 saturated heterocycles. The standard InChI is InChI=1S/C13H19N/c1-11(2)10-13-7-4-3-6-12(13)8-5-9-14/h3-8,11H,9-10,14H2,1-2H3/b8-5+. The molecule has 0 amide bonds. The van der Waals surface area contributed by atoms with Crippen molar-refractivity contribution in [3.8, 4) is 0 Å². The summed E-state index contributed by atoms with van der Waals surface area (Å²) in [6.45, 7) is 5.09. The van der Waals surface area contributed by atoms with Gasteiger partial charge in [0.15, 0.2) is 0 Å². The first-order valence-corrected chi connectivity index (χ1v) is 5.18. The minimum Gasteiger partial charge on any atom is -0.327 e. The Balaban J connectivity index is 2.85. The van der Waals surface area contributed by atoms with E-state index in [4.69, 9.17) is 5.73 Å². The second kappa shape index (κ2) is 5.61. The van der Waals surface area contributed by atoms with Crippen LogP contribution in [0.2, 0.25) is 0 Å². The predicted octanol–water partition coefficient (Wildman–Crippen LogP) is 2.86. The maximum Gasteiger partial charge on any atom is 0.0110 e. The minimum atomic E-state index is 0.607. The van der Waals surface area contributed by atoms with E-state index in [2.05, 4.69) is 44.2 Å². The zero-order valence-corrected chi connectivity index (χ0v) is 9.03. The van der Waals surface area contributed by atoms with Gasteiger partial charge in [0.05, 0.1) is 0 Å². The summed E-state index contributed by atoms with van der Waals surface area (Å²) in [5.74, 6) is 0.697. The van der Waals surface area contributed by atoms with Gasteiger partial charge in [0.2, 0.25) is 0 Å². The number of nitrogens with two attached hydrogens (primary N) is 1. The van der Waals surface area contributed by atoms with Crippen LogP contribution in [0.15, 0.2) is 30.3 Å². The molecule has 1 aromatic rings. The topological polar surface area (TPSA) is 26.0 Å². The summed E-state index contributed by atoms with van der Waals surface area (Å²) in [6.07, 6.45) is 5.24. The average molecular weight is 189 g/mol. The van der Waals surface area contributed by atoms with Crippen molar-refractivity contribution in [2.75, 3.05) is 6.54 Å². The fourth-order valence-corrected chi connectivity index (χ4v) is 1.52. The molecule has 0 heterocycles. The van der Waals surface area contributed by atoms with Gasteiger partial charge in [-0.2, -0.15) is 0 Å². The zero-order chi connectivity index (χ0) is 10.4. The lowest BCUT2D eigenvalue weighted by Gasteiger charge is -2.08. The molecule has 0 bridgehead atoms. The first kappa shape index (κ1) is 11.0.